The van der Waals surface area contributed by atoms with Crippen molar-refractivity contribution in [2.24, 2.45) is 5.73 Å². The first-order chi connectivity index (χ1) is 8.78. The number of rotatable bonds is 6. The molecule has 0 aliphatic heterocycles. The Morgan fingerprint density at radius 1 is 1.40 bits per heavy atom. The highest BCUT2D eigenvalue weighted by Gasteiger charge is 2.12. The Morgan fingerprint density at radius 3 is 2.40 bits per heavy atom. The van der Waals surface area contributed by atoms with E-state index in [1.54, 1.807) is 13.8 Å². The van der Waals surface area contributed by atoms with E-state index in [-0.39, 0.29) is 30.6 Å². The number of nitrogens with one attached hydrogen (secondary N) is 1. The molecular formula is C12H18ClN3O4. The van der Waals surface area contributed by atoms with Crippen LogP contribution in [0.1, 0.15) is 13.8 Å². The molecule has 0 saturated carbocycles. The van der Waals surface area contributed by atoms with Crippen LogP contribution in [0.3, 0.4) is 0 Å². The Labute approximate surface area is 123 Å². The van der Waals surface area contributed by atoms with Crippen molar-refractivity contribution in [3.05, 3.63) is 34.4 Å². The Bertz CT molecular complexity index is 457. The van der Waals surface area contributed by atoms with E-state index >= 15 is 0 Å². The number of carbonyl (C=O) groups excluding carboxylic acids is 1. The number of nitro benzene ring substituents is 1. The smallest absolute Gasteiger partial charge is 0.269 e. The van der Waals surface area contributed by atoms with Gasteiger partial charge in [-0.1, -0.05) is 0 Å². The van der Waals surface area contributed by atoms with Crippen molar-refractivity contribution in [2.75, 3.05) is 13.2 Å². The van der Waals surface area contributed by atoms with Crippen LogP contribution in [0.4, 0.5) is 5.69 Å². The fourth-order valence-corrected chi connectivity index (χ4v) is 1.19. The predicted octanol–water partition coefficient (Wildman–Crippen LogP) is 1.25. The number of nitrogens with zero attached hydrogens (tertiary/aromatic N) is 1. The van der Waals surface area contributed by atoms with Crippen molar-refractivity contribution in [1.82, 2.24) is 5.32 Å². The molecule has 0 fully saturated rings. The second-order valence-corrected chi connectivity index (χ2v) is 4.80. The van der Waals surface area contributed by atoms with E-state index in [1.165, 1.54) is 24.3 Å². The van der Waals surface area contributed by atoms with Crippen LogP contribution in [0, 0.1) is 10.1 Å². The van der Waals surface area contributed by atoms with Crippen LogP contribution in [0.2, 0.25) is 0 Å². The lowest BCUT2D eigenvalue weighted by atomic mass is 10.1. The maximum absolute atomic E-state index is 11.4. The van der Waals surface area contributed by atoms with Gasteiger partial charge >= 0.3 is 0 Å². The molecule has 0 spiro atoms. The molecule has 0 heterocycles. The van der Waals surface area contributed by atoms with Gasteiger partial charge in [0.2, 0.25) is 0 Å². The second kappa shape index (κ2) is 7.66. The summed E-state index contributed by atoms with van der Waals surface area (Å²) in [6.07, 6.45) is 0. The van der Waals surface area contributed by atoms with Crippen LogP contribution < -0.4 is 15.8 Å². The molecular weight excluding hydrogens is 286 g/mol. The van der Waals surface area contributed by atoms with Crippen LogP contribution in [0.5, 0.6) is 5.75 Å². The van der Waals surface area contributed by atoms with Crippen molar-refractivity contribution in [3.63, 3.8) is 0 Å². The van der Waals surface area contributed by atoms with Gasteiger partial charge in [-0.05, 0) is 26.0 Å². The van der Waals surface area contributed by atoms with E-state index in [4.69, 9.17) is 10.5 Å². The topological polar surface area (TPSA) is 107 Å². The molecule has 8 heteroatoms. The summed E-state index contributed by atoms with van der Waals surface area (Å²) < 4.78 is 5.19. The summed E-state index contributed by atoms with van der Waals surface area (Å²) in [6.45, 7) is 3.78. The molecule has 1 aromatic carbocycles. The van der Waals surface area contributed by atoms with E-state index in [0.29, 0.717) is 12.3 Å². The Hall–Kier alpha value is -1.86. The number of nitro groups is 1. The predicted molar refractivity (Wildman–Crippen MR) is 77.1 cm³/mol. The summed E-state index contributed by atoms with van der Waals surface area (Å²) in [4.78, 5) is 21.4. The van der Waals surface area contributed by atoms with Gasteiger partial charge in [-0.2, -0.15) is 0 Å². The van der Waals surface area contributed by atoms with Gasteiger partial charge in [0.25, 0.3) is 11.6 Å². The third-order valence-electron chi connectivity index (χ3n) is 2.16. The first-order valence-electron chi connectivity index (χ1n) is 5.71. The maximum Gasteiger partial charge on any atom is 0.269 e. The number of carbonyl (C=O) groups is 1. The van der Waals surface area contributed by atoms with Gasteiger partial charge in [0.05, 0.1) is 4.92 Å². The molecule has 1 rings (SSSR count). The van der Waals surface area contributed by atoms with Gasteiger partial charge in [0, 0.05) is 24.2 Å². The van der Waals surface area contributed by atoms with Crippen molar-refractivity contribution >= 4 is 24.0 Å². The monoisotopic (exact) mass is 303 g/mol. The Balaban J connectivity index is 0.00000361. The number of hydrogen-bond donors (Lipinski definition) is 2. The summed E-state index contributed by atoms with van der Waals surface area (Å²) in [7, 11) is 0. The summed E-state index contributed by atoms with van der Waals surface area (Å²) in [5, 5.41) is 13.1. The third kappa shape index (κ3) is 6.91. The van der Waals surface area contributed by atoms with Gasteiger partial charge in [0.1, 0.15) is 5.75 Å². The first kappa shape index (κ1) is 18.1. The van der Waals surface area contributed by atoms with E-state index in [9.17, 15) is 14.9 Å². The molecule has 0 aromatic heterocycles. The average molecular weight is 304 g/mol. The standard InChI is InChI=1S/C12H17N3O4.ClH/c1-12(2,13)8-14-11(16)7-19-10-5-3-9(4-6-10)15(17)18;/h3-6H,7-8,13H2,1-2H3,(H,14,16);1H. The van der Waals surface area contributed by atoms with Gasteiger partial charge in [-0.15, -0.1) is 12.4 Å². The van der Waals surface area contributed by atoms with E-state index in [1.807, 2.05) is 0 Å². The molecule has 0 atom stereocenters. The van der Waals surface area contributed by atoms with Crippen LogP contribution in [0.25, 0.3) is 0 Å². The van der Waals surface area contributed by atoms with Crippen LogP contribution in [0.15, 0.2) is 24.3 Å². The Morgan fingerprint density at radius 2 is 1.95 bits per heavy atom. The highest BCUT2D eigenvalue weighted by Crippen LogP contribution is 2.16. The van der Waals surface area contributed by atoms with Crippen molar-refractivity contribution in [1.29, 1.82) is 0 Å². The number of non-ortho nitro benzene ring substituents is 1. The number of nitrogens with two attached hydrogens (primary N) is 1. The molecule has 20 heavy (non-hydrogen) atoms. The van der Waals surface area contributed by atoms with E-state index in [0.717, 1.165) is 0 Å². The average Bonchev–Trinajstić information content (AvgIpc) is 2.33. The second-order valence-electron chi connectivity index (χ2n) is 4.80. The van der Waals surface area contributed by atoms with E-state index in [2.05, 4.69) is 5.32 Å². The minimum absolute atomic E-state index is 0. The SMILES string of the molecule is CC(C)(N)CNC(=O)COc1ccc([N+](=O)[O-])cc1.Cl. The largest absolute Gasteiger partial charge is 0.484 e. The van der Waals surface area contributed by atoms with Crippen molar-refractivity contribution < 1.29 is 14.5 Å². The molecule has 3 N–H and O–H groups in total. The lowest BCUT2D eigenvalue weighted by Crippen LogP contribution is -2.46. The minimum Gasteiger partial charge on any atom is -0.484 e. The zero-order valence-corrected chi connectivity index (χ0v) is 12.1. The molecule has 0 aliphatic carbocycles. The Kier molecular flexibility index (Phi) is 6.95. The lowest BCUT2D eigenvalue weighted by molar-refractivity contribution is -0.384. The number of halogens is 1. The highest BCUT2D eigenvalue weighted by atomic mass is 35.5. The number of amides is 1. The van der Waals surface area contributed by atoms with Gasteiger partial charge < -0.3 is 15.8 Å². The molecule has 0 bridgehead atoms. The third-order valence-corrected chi connectivity index (χ3v) is 2.16. The molecule has 0 radical (unpaired) electrons. The quantitative estimate of drug-likeness (QED) is 0.607. The van der Waals surface area contributed by atoms with Gasteiger partial charge in [-0.3, -0.25) is 14.9 Å². The summed E-state index contributed by atoms with van der Waals surface area (Å²) in [6, 6.07) is 5.52. The zero-order valence-electron chi connectivity index (χ0n) is 11.3. The zero-order chi connectivity index (χ0) is 14.5. The lowest BCUT2D eigenvalue weighted by Gasteiger charge is -2.18. The molecule has 0 saturated heterocycles. The first-order valence-corrected chi connectivity index (χ1v) is 5.71. The normalized spacial score (nSPS) is 10.3. The van der Waals surface area contributed by atoms with Crippen molar-refractivity contribution in [2.45, 2.75) is 19.4 Å². The number of ether oxygens (including phenoxy) is 1. The molecule has 7 nitrogen and oxygen atoms in total. The van der Waals surface area contributed by atoms with E-state index < -0.39 is 10.5 Å². The van der Waals surface area contributed by atoms with Crippen LogP contribution in [-0.4, -0.2) is 29.5 Å². The summed E-state index contributed by atoms with van der Waals surface area (Å²) in [5.74, 6) is 0.102. The molecule has 112 valence electrons. The molecule has 1 aromatic rings. The van der Waals surface area contributed by atoms with Gasteiger partial charge in [0.15, 0.2) is 6.61 Å². The van der Waals surface area contributed by atoms with Crippen LogP contribution in [-0.2, 0) is 4.79 Å². The van der Waals surface area contributed by atoms with Crippen LogP contribution >= 0.6 is 12.4 Å². The highest BCUT2D eigenvalue weighted by molar-refractivity contribution is 5.85. The van der Waals surface area contributed by atoms with Gasteiger partial charge in [-0.25, -0.2) is 0 Å². The molecule has 1 amide bonds. The molecule has 0 unspecified atom stereocenters. The minimum atomic E-state index is -0.500. The number of hydrogen-bond acceptors (Lipinski definition) is 5. The molecule has 0 aliphatic rings. The number of benzene rings is 1. The van der Waals surface area contributed by atoms with Crippen molar-refractivity contribution in [3.8, 4) is 5.75 Å². The summed E-state index contributed by atoms with van der Waals surface area (Å²) >= 11 is 0. The summed E-state index contributed by atoms with van der Waals surface area (Å²) in [5.41, 5.74) is 5.21. The fraction of sp³-hybridized carbons (Fsp3) is 0.417. The maximum atomic E-state index is 11.4. The fourth-order valence-electron chi connectivity index (χ4n) is 1.19.